The third-order valence-electron chi connectivity index (χ3n) is 1.96. The number of carbonyl (C=O) groups is 2. The average molecular weight is 257 g/mol. The molecule has 1 unspecified atom stereocenters. The highest BCUT2D eigenvalue weighted by Crippen LogP contribution is 2.15. The maximum Gasteiger partial charge on any atom is 0.271 e. The van der Waals surface area contributed by atoms with Crippen LogP contribution in [-0.2, 0) is 4.79 Å². The lowest BCUT2D eigenvalue weighted by Crippen LogP contribution is -2.33. The minimum absolute atomic E-state index is 0.0235. The molecule has 0 aromatic carbocycles. The van der Waals surface area contributed by atoms with Gasteiger partial charge in [0.1, 0.15) is 5.69 Å². The quantitative estimate of drug-likeness (QED) is 0.720. The third kappa shape index (κ3) is 4.49. The van der Waals surface area contributed by atoms with Crippen molar-refractivity contribution in [3.63, 3.8) is 0 Å². The van der Waals surface area contributed by atoms with Gasteiger partial charge in [-0.05, 0) is 13.3 Å². The zero-order valence-electron chi connectivity index (χ0n) is 9.69. The van der Waals surface area contributed by atoms with Crippen molar-refractivity contribution in [2.24, 2.45) is 0 Å². The molecule has 17 heavy (non-hydrogen) atoms. The number of aliphatic hydroxyl groups is 1. The summed E-state index contributed by atoms with van der Waals surface area (Å²) in [6.45, 7) is 3.20. The first-order chi connectivity index (χ1) is 8.02. The maximum absolute atomic E-state index is 11.7. The van der Waals surface area contributed by atoms with E-state index in [4.69, 9.17) is 5.11 Å². The molecule has 94 valence electrons. The Balaban J connectivity index is 2.57. The van der Waals surface area contributed by atoms with Crippen molar-refractivity contribution in [3.05, 3.63) is 11.1 Å². The lowest BCUT2D eigenvalue weighted by Gasteiger charge is -2.10. The second-order valence-corrected chi connectivity index (χ2v) is 4.46. The Labute approximate surface area is 103 Å². The number of carbonyl (C=O) groups excluding carboxylic acids is 2. The molecule has 1 rings (SSSR count). The van der Waals surface area contributed by atoms with Crippen LogP contribution in [0.25, 0.3) is 0 Å². The van der Waals surface area contributed by atoms with Gasteiger partial charge in [0.2, 0.25) is 5.91 Å². The Kier molecular flexibility index (Phi) is 5.05. The Morgan fingerprint density at radius 3 is 2.88 bits per heavy atom. The third-order valence-corrected chi connectivity index (χ3v) is 2.72. The number of nitrogens with one attached hydrogen (secondary N) is 2. The summed E-state index contributed by atoms with van der Waals surface area (Å²) in [5.74, 6) is -0.529. The zero-order chi connectivity index (χ0) is 12.8. The topological polar surface area (TPSA) is 91.3 Å². The van der Waals surface area contributed by atoms with Crippen molar-refractivity contribution in [2.75, 3.05) is 11.9 Å². The molecule has 0 saturated carbocycles. The van der Waals surface area contributed by atoms with E-state index in [9.17, 15) is 9.59 Å². The molecule has 0 spiro atoms. The maximum atomic E-state index is 11.7. The van der Waals surface area contributed by atoms with E-state index in [2.05, 4.69) is 15.6 Å². The van der Waals surface area contributed by atoms with Crippen LogP contribution >= 0.6 is 11.3 Å². The molecule has 0 saturated heterocycles. The number of aromatic nitrogens is 1. The summed E-state index contributed by atoms with van der Waals surface area (Å²) in [5, 5.41) is 15.9. The van der Waals surface area contributed by atoms with Crippen LogP contribution in [0.3, 0.4) is 0 Å². The summed E-state index contributed by atoms with van der Waals surface area (Å²) >= 11 is 1.19. The molecule has 7 heteroatoms. The van der Waals surface area contributed by atoms with Gasteiger partial charge < -0.3 is 15.7 Å². The first-order valence-corrected chi connectivity index (χ1v) is 6.05. The molecule has 1 aromatic rings. The summed E-state index contributed by atoms with van der Waals surface area (Å²) in [5.41, 5.74) is 0.267. The van der Waals surface area contributed by atoms with Crippen LogP contribution in [0.1, 0.15) is 30.8 Å². The number of thiazole rings is 1. The van der Waals surface area contributed by atoms with Crippen molar-refractivity contribution in [2.45, 2.75) is 26.3 Å². The van der Waals surface area contributed by atoms with Crippen LogP contribution in [0, 0.1) is 0 Å². The Morgan fingerprint density at radius 2 is 2.29 bits per heavy atom. The predicted molar refractivity (Wildman–Crippen MR) is 65.0 cm³/mol. The summed E-state index contributed by atoms with van der Waals surface area (Å²) < 4.78 is 0. The largest absolute Gasteiger partial charge is 0.396 e. The van der Waals surface area contributed by atoms with Crippen LogP contribution in [0.5, 0.6) is 0 Å². The lowest BCUT2D eigenvalue weighted by molar-refractivity contribution is -0.114. The molecule has 0 fully saturated rings. The molecule has 6 nitrogen and oxygen atoms in total. The number of amides is 2. The van der Waals surface area contributed by atoms with Crippen LogP contribution in [-0.4, -0.2) is 34.6 Å². The molecule has 1 aromatic heterocycles. The van der Waals surface area contributed by atoms with E-state index < -0.39 is 0 Å². The SMILES string of the molecule is CC(=O)Nc1nc(C(=O)NC(C)CCO)cs1. The highest BCUT2D eigenvalue weighted by atomic mass is 32.1. The molecule has 0 radical (unpaired) electrons. The number of anilines is 1. The van der Waals surface area contributed by atoms with Gasteiger partial charge in [-0.1, -0.05) is 0 Å². The molecular weight excluding hydrogens is 242 g/mol. The van der Waals surface area contributed by atoms with Gasteiger partial charge in [0.25, 0.3) is 5.91 Å². The summed E-state index contributed by atoms with van der Waals surface area (Å²) in [4.78, 5) is 26.4. The van der Waals surface area contributed by atoms with E-state index in [0.29, 0.717) is 11.6 Å². The molecule has 0 aliphatic heterocycles. The van der Waals surface area contributed by atoms with E-state index in [1.807, 2.05) is 0 Å². The van der Waals surface area contributed by atoms with E-state index in [1.54, 1.807) is 12.3 Å². The fraction of sp³-hybridized carbons (Fsp3) is 0.500. The highest BCUT2D eigenvalue weighted by molar-refractivity contribution is 7.14. The first kappa shape index (κ1) is 13.6. The monoisotopic (exact) mass is 257 g/mol. The van der Waals surface area contributed by atoms with Gasteiger partial charge in [0.05, 0.1) is 0 Å². The number of hydrogen-bond donors (Lipinski definition) is 3. The zero-order valence-corrected chi connectivity index (χ0v) is 10.5. The van der Waals surface area contributed by atoms with Crippen LogP contribution in [0.2, 0.25) is 0 Å². The Hall–Kier alpha value is -1.47. The van der Waals surface area contributed by atoms with Crippen molar-refractivity contribution in [3.8, 4) is 0 Å². The van der Waals surface area contributed by atoms with Gasteiger partial charge in [-0.2, -0.15) is 0 Å². The standard InChI is InChI=1S/C10H15N3O3S/c1-6(3-4-14)11-9(16)8-5-17-10(13-8)12-7(2)15/h5-6,14H,3-4H2,1-2H3,(H,11,16)(H,12,13,15). The molecule has 0 aliphatic carbocycles. The van der Waals surface area contributed by atoms with Gasteiger partial charge >= 0.3 is 0 Å². The predicted octanol–water partition coefficient (Wildman–Crippen LogP) is 0.602. The van der Waals surface area contributed by atoms with Gasteiger partial charge in [-0.3, -0.25) is 9.59 Å². The number of rotatable bonds is 5. The second kappa shape index (κ2) is 6.31. The number of hydrogen-bond acceptors (Lipinski definition) is 5. The fourth-order valence-corrected chi connectivity index (χ4v) is 1.89. The van der Waals surface area contributed by atoms with Crippen molar-refractivity contribution in [1.82, 2.24) is 10.3 Å². The molecule has 1 heterocycles. The minimum Gasteiger partial charge on any atom is -0.396 e. The van der Waals surface area contributed by atoms with Crippen LogP contribution in [0.15, 0.2) is 5.38 Å². The van der Waals surface area contributed by atoms with Gasteiger partial charge in [-0.15, -0.1) is 11.3 Å². The van der Waals surface area contributed by atoms with Gasteiger partial charge in [0, 0.05) is 25.0 Å². The van der Waals surface area contributed by atoms with Crippen LogP contribution in [0.4, 0.5) is 5.13 Å². The molecule has 1 atom stereocenters. The summed E-state index contributed by atoms with van der Waals surface area (Å²) in [6, 6.07) is -0.113. The normalized spacial score (nSPS) is 11.9. The fourth-order valence-electron chi connectivity index (χ4n) is 1.15. The minimum atomic E-state index is -0.307. The first-order valence-electron chi connectivity index (χ1n) is 5.17. The smallest absolute Gasteiger partial charge is 0.271 e. The van der Waals surface area contributed by atoms with E-state index in [1.165, 1.54) is 18.3 Å². The molecule has 0 aliphatic rings. The van der Waals surface area contributed by atoms with Crippen LogP contribution < -0.4 is 10.6 Å². The van der Waals surface area contributed by atoms with Crippen molar-refractivity contribution in [1.29, 1.82) is 0 Å². The molecule has 2 amide bonds. The van der Waals surface area contributed by atoms with E-state index in [0.717, 1.165) is 0 Å². The molecule has 3 N–H and O–H groups in total. The van der Waals surface area contributed by atoms with E-state index in [-0.39, 0.29) is 30.2 Å². The summed E-state index contributed by atoms with van der Waals surface area (Å²) in [6.07, 6.45) is 0.494. The Bertz CT molecular complexity index is 405. The second-order valence-electron chi connectivity index (χ2n) is 3.61. The van der Waals surface area contributed by atoms with E-state index >= 15 is 0 Å². The Morgan fingerprint density at radius 1 is 1.59 bits per heavy atom. The molecule has 0 bridgehead atoms. The van der Waals surface area contributed by atoms with Crippen molar-refractivity contribution >= 4 is 28.3 Å². The summed E-state index contributed by atoms with van der Waals surface area (Å²) in [7, 11) is 0. The van der Waals surface area contributed by atoms with Gasteiger partial charge in [0.15, 0.2) is 5.13 Å². The van der Waals surface area contributed by atoms with Gasteiger partial charge in [-0.25, -0.2) is 4.98 Å². The number of aliphatic hydroxyl groups excluding tert-OH is 1. The number of nitrogens with zero attached hydrogens (tertiary/aromatic N) is 1. The average Bonchev–Trinajstić information content (AvgIpc) is 2.65. The highest BCUT2D eigenvalue weighted by Gasteiger charge is 2.13. The van der Waals surface area contributed by atoms with Crippen molar-refractivity contribution < 1.29 is 14.7 Å². The molecular formula is C10H15N3O3S. The lowest BCUT2D eigenvalue weighted by atomic mass is 10.2.